The molecule has 0 aromatic heterocycles. The number of carboxylic acid groups (broad SMARTS) is 1. The molecule has 4 saturated carbocycles. The van der Waals surface area contributed by atoms with Crippen molar-refractivity contribution >= 4 is 6.09 Å². The highest BCUT2D eigenvalue weighted by atomic mass is 16.4. The van der Waals surface area contributed by atoms with E-state index in [2.05, 4.69) is 0 Å². The van der Waals surface area contributed by atoms with Crippen LogP contribution in [0.2, 0.25) is 0 Å². The quantitative estimate of drug-likeness (QED) is 0.393. The van der Waals surface area contributed by atoms with Gasteiger partial charge in [-0.2, -0.15) is 0 Å². The topological polar surface area (TPSA) is 66.6 Å². The summed E-state index contributed by atoms with van der Waals surface area (Å²) < 4.78 is 0. The van der Waals surface area contributed by atoms with Gasteiger partial charge in [0.25, 0.3) is 0 Å². The van der Waals surface area contributed by atoms with Crippen LogP contribution in [0, 0.1) is 23.7 Å². The van der Waals surface area contributed by atoms with Gasteiger partial charge in [0.2, 0.25) is 0 Å². The SMILES string of the molecule is NN(C(=O)O)C1C2CC3CC(C2)CC1C3. The second kappa shape index (κ2) is 3.11. The van der Waals surface area contributed by atoms with E-state index in [-0.39, 0.29) is 6.04 Å². The van der Waals surface area contributed by atoms with Crippen LogP contribution in [-0.2, 0) is 0 Å². The van der Waals surface area contributed by atoms with Crippen LogP contribution in [0.5, 0.6) is 0 Å². The molecular formula is C11H18N2O2. The Morgan fingerprint density at radius 3 is 1.93 bits per heavy atom. The summed E-state index contributed by atoms with van der Waals surface area (Å²) in [6, 6.07) is 0.107. The molecule has 0 aromatic rings. The molecule has 0 heterocycles. The second-order valence-corrected chi connectivity index (χ2v) is 5.61. The Kier molecular flexibility index (Phi) is 1.96. The molecular weight excluding hydrogens is 192 g/mol. The first-order valence-electron chi connectivity index (χ1n) is 5.92. The third-order valence-electron chi connectivity index (χ3n) is 4.72. The van der Waals surface area contributed by atoms with E-state index in [0.29, 0.717) is 11.8 Å². The first-order valence-corrected chi connectivity index (χ1v) is 5.92. The molecule has 4 nitrogen and oxygen atoms in total. The predicted molar refractivity (Wildman–Crippen MR) is 54.9 cm³/mol. The Bertz CT molecular complexity index is 264. The summed E-state index contributed by atoms with van der Waals surface area (Å²) in [5, 5.41) is 10.1. The number of hydrogen-bond acceptors (Lipinski definition) is 2. The lowest BCUT2D eigenvalue weighted by Crippen LogP contribution is -2.59. The second-order valence-electron chi connectivity index (χ2n) is 5.61. The lowest BCUT2D eigenvalue weighted by Gasteiger charge is -2.55. The average Bonchev–Trinajstić information content (AvgIpc) is 2.15. The van der Waals surface area contributed by atoms with E-state index >= 15 is 0 Å². The van der Waals surface area contributed by atoms with Crippen molar-refractivity contribution in [3.63, 3.8) is 0 Å². The van der Waals surface area contributed by atoms with Crippen molar-refractivity contribution in [2.75, 3.05) is 0 Å². The number of hydrazine groups is 1. The van der Waals surface area contributed by atoms with Gasteiger partial charge in [0.05, 0.1) is 6.04 Å². The first-order chi connectivity index (χ1) is 7.15. The van der Waals surface area contributed by atoms with E-state index in [1.165, 1.54) is 32.1 Å². The molecule has 0 aliphatic heterocycles. The minimum absolute atomic E-state index is 0.107. The van der Waals surface area contributed by atoms with Crippen LogP contribution in [0.1, 0.15) is 32.1 Å². The summed E-state index contributed by atoms with van der Waals surface area (Å²) in [4.78, 5) is 10.9. The van der Waals surface area contributed by atoms with Crippen LogP contribution >= 0.6 is 0 Å². The molecule has 15 heavy (non-hydrogen) atoms. The summed E-state index contributed by atoms with van der Waals surface area (Å²) in [7, 11) is 0. The third kappa shape index (κ3) is 1.34. The maximum Gasteiger partial charge on any atom is 0.421 e. The number of hydrogen-bond donors (Lipinski definition) is 2. The normalized spacial score (nSPS) is 46.9. The molecule has 0 unspecified atom stereocenters. The molecule has 0 atom stereocenters. The summed E-state index contributed by atoms with van der Waals surface area (Å²) in [5.41, 5.74) is 0. The molecule has 0 saturated heterocycles. The molecule has 0 radical (unpaired) electrons. The largest absolute Gasteiger partial charge is 0.464 e. The lowest BCUT2D eigenvalue weighted by molar-refractivity contribution is -0.0578. The fourth-order valence-electron chi connectivity index (χ4n) is 4.48. The standard InChI is InChI=1S/C11H18N2O2/c12-13(11(14)15)10-8-2-6-1-7(4-8)5-9(10)3-6/h6-10H,1-5,12H2,(H,14,15). The van der Waals surface area contributed by atoms with Crippen LogP contribution in [0.4, 0.5) is 4.79 Å². The maximum absolute atomic E-state index is 10.9. The van der Waals surface area contributed by atoms with Crippen LogP contribution in [0.25, 0.3) is 0 Å². The Morgan fingerprint density at radius 1 is 1.07 bits per heavy atom. The van der Waals surface area contributed by atoms with Crippen molar-refractivity contribution in [1.29, 1.82) is 0 Å². The van der Waals surface area contributed by atoms with Gasteiger partial charge in [-0.1, -0.05) is 0 Å². The molecule has 0 spiro atoms. The number of carbonyl (C=O) groups is 1. The Labute approximate surface area is 89.4 Å². The monoisotopic (exact) mass is 210 g/mol. The van der Waals surface area contributed by atoms with Crippen molar-refractivity contribution in [2.45, 2.75) is 38.1 Å². The molecule has 3 N–H and O–H groups in total. The Balaban J connectivity index is 1.83. The summed E-state index contributed by atoms with van der Waals surface area (Å²) in [6.45, 7) is 0. The van der Waals surface area contributed by atoms with Crippen molar-refractivity contribution < 1.29 is 9.90 Å². The molecule has 0 aromatic carbocycles. The molecule has 4 aliphatic carbocycles. The molecule has 4 aliphatic rings. The minimum Gasteiger partial charge on any atom is -0.464 e. The molecule has 1 amide bonds. The van der Waals surface area contributed by atoms with Gasteiger partial charge in [0.1, 0.15) is 0 Å². The highest BCUT2D eigenvalue weighted by molar-refractivity contribution is 5.64. The average molecular weight is 210 g/mol. The fraction of sp³-hybridized carbons (Fsp3) is 0.909. The zero-order chi connectivity index (χ0) is 10.6. The van der Waals surface area contributed by atoms with E-state index < -0.39 is 6.09 Å². The van der Waals surface area contributed by atoms with Crippen molar-refractivity contribution in [1.82, 2.24) is 5.01 Å². The zero-order valence-electron chi connectivity index (χ0n) is 8.80. The van der Waals surface area contributed by atoms with Gasteiger partial charge in [-0.3, -0.25) is 0 Å². The van der Waals surface area contributed by atoms with Crippen molar-refractivity contribution in [2.24, 2.45) is 29.5 Å². The van der Waals surface area contributed by atoms with Gasteiger partial charge in [-0.05, 0) is 55.8 Å². The summed E-state index contributed by atoms with van der Waals surface area (Å²) >= 11 is 0. The van der Waals surface area contributed by atoms with Gasteiger partial charge in [0, 0.05) is 0 Å². The number of amides is 1. The fourth-order valence-corrected chi connectivity index (χ4v) is 4.48. The van der Waals surface area contributed by atoms with E-state index in [1.54, 1.807) is 0 Å². The van der Waals surface area contributed by atoms with E-state index in [4.69, 9.17) is 10.9 Å². The summed E-state index contributed by atoms with van der Waals surface area (Å²) in [5.74, 6) is 8.50. The minimum atomic E-state index is -0.965. The summed E-state index contributed by atoms with van der Waals surface area (Å²) in [6.07, 6.45) is 5.25. The van der Waals surface area contributed by atoms with Gasteiger partial charge in [-0.15, -0.1) is 0 Å². The van der Waals surface area contributed by atoms with Gasteiger partial charge >= 0.3 is 6.09 Å². The Morgan fingerprint density at radius 2 is 1.53 bits per heavy atom. The molecule has 84 valence electrons. The molecule has 4 fully saturated rings. The van der Waals surface area contributed by atoms with Crippen molar-refractivity contribution in [3.05, 3.63) is 0 Å². The van der Waals surface area contributed by atoms with Crippen LogP contribution in [-0.4, -0.2) is 22.3 Å². The zero-order valence-corrected chi connectivity index (χ0v) is 8.80. The maximum atomic E-state index is 10.9. The van der Waals surface area contributed by atoms with Crippen LogP contribution < -0.4 is 5.84 Å². The lowest BCUT2D eigenvalue weighted by atomic mass is 9.54. The predicted octanol–water partition coefficient (Wildman–Crippen LogP) is 1.66. The number of rotatable bonds is 1. The molecule has 4 bridgehead atoms. The highest BCUT2D eigenvalue weighted by Gasteiger charge is 2.50. The smallest absolute Gasteiger partial charge is 0.421 e. The van der Waals surface area contributed by atoms with Gasteiger partial charge < -0.3 is 5.11 Å². The van der Waals surface area contributed by atoms with E-state index in [0.717, 1.165) is 16.8 Å². The first kappa shape index (κ1) is 9.46. The van der Waals surface area contributed by atoms with Crippen LogP contribution in [0.3, 0.4) is 0 Å². The third-order valence-corrected chi connectivity index (χ3v) is 4.72. The number of nitrogens with zero attached hydrogens (tertiary/aromatic N) is 1. The highest BCUT2D eigenvalue weighted by Crippen LogP contribution is 2.54. The van der Waals surface area contributed by atoms with E-state index in [1.807, 2.05) is 0 Å². The number of nitrogens with two attached hydrogens (primary N) is 1. The van der Waals surface area contributed by atoms with Gasteiger partial charge in [-0.25, -0.2) is 15.6 Å². The van der Waals surface area contributed by atoms with Gasteiger partial charge in [0.15, 0.2) is 0 Å². The van der Waals surface area contributed by atoms with Crippen LogP contribution in [0.15, 0.2) is 0 Å². The Hall–Kier alpha value is -0.770. The van der Waals surface area contributed by atoms with Crippen molar-refractivity contribution in [3.8, 4) is 0 Å². The molecule has 4 heteroatoms. The molecule has 4 rings (SSSR count). The van der Waals surface area contributed by atoms with E-state index in [9.17, 15) is 4.79 Å².